The molecule has 4 N–H and O–H groups in total. The van der Waals surface area contributed by atoms with E-state index in [0.717, 1.165) is 34.2 Å². The van der Waals surface area contributed by atoms with E-state index in [1.807, 2.05) is 38.1 Å². The van der Waals surface area contributed by atoms with E-state index in [-0.39, 0.29) is 18.9 Å². The SMILES string of the molecule is Cc1cc(OCC(=O)Oc2ccc(C[C@H](N)C(=O)O)cc2)cc(C)c1Cc1ccc(O)c(C(C)C)c1. The van der Waals surface area contributed by atoms with E-state index in [9.17, 15) is 14.7 Å². The van der Waals surface area contributed by atoms with Crippen molar-refractivity contribution in [2.24, 2.45) is 5.73 Å². The third kappa shape index (κ3) is 7.09. The van der Waals surface area contributed by atoms with Crippen molar-refractivity contribution < 1.29 is 29.3 Å². The maximum Gasteiger partial charge on any atom is 0.349 e. The van der Waals surface area contributed by atoms with E-state index in [1.54, 1.807) is 30.3 Å². The predicted octanol–water partition coefficient (Wildman–Crippen LogP) is 4.66. The number of carbonyl (C=O) groups excluding carboxylic acids is 1. The zero-order valence-corrected chi connectivity index (χ0v) is 21.1. The molecule has 0 aliphatic carbocycles. The summed E-state index contributed by atoms with van der Waals surface area (Å²) in [4.78, 5) is 23.1. The quantitative estimate of drug-likeness (QED) is 0.279. The Balaban J connectivity index is 1.59. The van der Waals surface area contributed by atoms with E-state index in [4.69, 9.17) is 20.3 Å². The third-order valence-corrected chi connectivity index (χ3v) is 6.05. The smallest absolute Gasteiger partial charge is 0.349 e. The molecule has 7 heteroatoms. The number of nitrogens with two attached hydrogens (primary N) is 1. The fraction of sp³-hybridized carbons (Fsp3) is 0.310. The summed E-state index contributed by atoms with van der Waals surface area (Å²) in [6.07, 6.45) is 0.917. The molecular weight excluding hydrogens is 458 g/mol. The maximum absolute atomic E-state index is 12.3. The summed E-state index contributed by atoms with van der Waals surface area (Å²) in [5, 5.41) is 19.0. The van der Waals surface area contributed by atoms with E-state index >= 15 is 0 Å². The van der Waals surface area contributed by atoms with Crippen LogP contribution in [0.3, 0.4) is 0 Å². The molecular formula is C29H33NO6. The van der Waals surface area contributed by atoms with Crippen molar-refractivity contribution in [1.82, 2.24) is 0 Å². The van der Waals surface area contributed by atoms with Gasteiger partial charge in [-0.2, -0.15) is 0 Å². The van der Waals surface area contributed by atoms with Crippen molar-refractivity contribution in [3.63, 3.8) is 0 Å². The van der Waals surface area contributed by atoms with Crippen molar-refractivity contribution >= 4 is 11.9 Å². The second-order valence-electron chi connectivity index (χ2n) is 9.32. The van der Waals surface area contributed by atoms with Gasteiger partial charge in [0.05, 0.1) is 0 Å². The Morgan fingerprint density at radius 2 is 1.53 bits per heavy atom. The van der Waals surface area contributed by atoms with E-state index < -0.39 is 18.0 Å². The van der Waals surface area contributed by atoms with Crippen LogP contribution in [0.15, 0.2) is 54.6 Å². The molecule has 7 nitrogen and oxygen atoms in total. The monoisotopic (exact) mass is 491 g/mol. The van der Waals surface area contributed by atoms with Crippen LogP contribution in [0, 0.1) is 13.8 Å². The van der Waals surface area contributed by atoms with Crippen LogP contribution in [0.4, 0.5) is 0 Å². The highest BCUT2D eigenvalue weighted by Gasteiger charge is 2.14. The van der Waals surface area contributed by atoms with Gasteiger partial charge in [-0.15, -0.1) is 0 Å². The molecule has 0 aliphatic rings. The topological polar surface area (TPSA) is 119 Å². The first-order chi connectivity index (χ1) is 17.0. The first kappa shape index (κ1) is 26.8. The van der Waals surface area contributed by atoms with E-state index in [0.29, 0.717) is 17.2 Å². The molecule has 0 amide bonds. The van der Waals surface area contributed by atoms with Crippen molar-refractivity contribution in [2.45, 2.75) is 52.5 Å². The second kappa shape index (κ2) is 11.7. The Morgan fingerprint density at radius 3 is 2.11 bits per heavy atom. The van der Waals surface area contributed by atoms with Gasteiger partial charge in [-0.3, -0.25) is 4.79 Å². The molecule has 3 aromatic rings. The van der Waals surface area contributed by atoms with Crippen LogP contribution < -0.4 is 15.2 Å². The lowest BCUT2D eigenvalue weighted by molar-refractivity contribution is -0.138. The van der Waals surface area contributed by atoms with Crippen molar-refractivity contribution in [1.29, 1.82) is 0 Å². The minimum absolute atomic E-state index is 0.188. The van der Waals surface area contributed by atoms with Gasteiger partial charge in [0.15, 0.2) is 6.61 Å². The van der Waals surface area contributed by atoms with E-state index in [1.165, 1.54) is 5.56 Å². The molecule has 36 heavy (non-hydrogen) atoms. The Bertz CT molecular complexity index is 1210. The maximum atomic E-state index is 12.3. The molecule has 0 spiro atoms. The fourth-order valence-electron chi connectivity index (χ4n) is 4.03. The molecule has 1 atom stereocenters. The molecule has 3 aromatic carbocycles. The number of esters is 1. The highest BCUT2D eigenvalue weighted by molar-refractivity contribution is 5.74. The Morgan fingerprint density at radius 1 is 0.917 bits per heavy atom. The van der Waals surface area contributed by atoms with Crippen LogP contribution in [0.1, 0.15) is 53.1 Å². The number of ether oxygens (including phenoxy) is 2. The first-order valence-electron chi connectivity index (χ1n) is 11.9. The molecule has 0 radical (unpaired) electrons. The van der Waals surface area contributed by atoms with Gasteiger partial charge < -0.3 is 25.4 Å². The van der Waals surface area contributed by atoms with Gasteiger partial charge in [-0.05, 0) is 96.3 Å². The van der Waals surface area contributed by atoms with Gasteiger partial charge in [0.25, 0.3) is 0 Å². The lowest BCUT2D eigenvalue weighted by Gasteiger charge is -2.15. The summed E-state index contributed by atoms with van der Waals surface area (Å²) in [5.74, 6) is -0.144. The molecule has 3 rings (SSSR count). The number of hydrogen-bond donors (Lipinski definition) is 3. The lowest BCUT2D eigenvalue weighted by Crippen LogP contribution is -2.32. The number of carboxylic acid groups (broad SMARTS) is 1. The zero-order valence-electron chi connectivity index (χ0n) is 21.1. The van der Waals surface area contributed by atoms with Gasteiger partial charge in [0.1, 0.15) is 23.3 Å². The fourth-order valence-corrected chi connectivity index (χ4v) is 4.03. The summed E-state index contributed by atoms with van der Waals surface area (Å²) in [6, 6.07) is 15.1. The number of aromatic hydroxyl groups is 1. The normalized spacial score (nSPS) is 11.8. The number of aliphatic carboxylic acids is 1. The third-order valence-electron chi connectivity index (χ3n) is 6.05. The summed E-state index contributed by atoms with van der Waals surface area (Å²) in [7, 11) is 0. The highest BCUT2D eigenvalue weighted by Crippen LogP contribution is 2.29. The Hall–Kier alpha value is -3.84. The molecule has 0 saturated carbocycles. The molecule has 0 bridgehead atoms. The zero-order chi connectivity index (χ0) is 26.4. The number of benzene rings is 3. The summed E-state index contributed by atoms with van der Waals surface area (Å²) in [6.45, 7) is 7.88. The number of phenols is 1. The number of carbonyl (C=O) groups is 2. The minimum Gasteiger partial charge on any atom is -0.508 e. The van der Waals surface area contributed by atoms with Gasteiger partial charge in [0.2, 0.25) is 0 Å². The molecule has 0 fully saturated rings. The molecule has 0 aliphatic heterocycles. The van der Waals surface area contributed by atoms with Crippen LogP contribution in [-0.2, 0) is 22.4 Å². The number of aryl methyl sites for hydroxylation is 2. The predicted molar refractivity (Wildman–Crippen MR) is 138 cm³/mol. The number of hydrogen-bond acceptors (Lipinski definition) is 6. The van der Waals surface area contributed by atoms with Gasteiger partial charge in [-0.1, -0.05) is 38.1 Å². The second-order valence-corrected chi connectivity index (χ2v) is 9.32. The van der Waals surface area contributed by atoms with Crippen LogP contribution in [0.2, 0.25) is 0 Å². The Kier molecular flexibility index (Phi) is 8.72. The number of rotatable bonds is 10. The number of carboxylic acids is 1. The largest absolute Gasteiger partial charge is 0.508 e. The van der Waals surface area contributed by atoms with Crippen LogP contribution in [-0.4, -0.2) is 34.8 Å². The van der Waals surface area contributed by atoms with E-state index in [2.05, 4.69) is 13.8 Å². The van der Waals surface area contributed by atoms with Gasteiger partial charge in [-0.25, -0.2) is 4.79 Å². The van der Waals surface area contributed by atoms with Gasteiger partial charge in [0, 0.05) is 0 Å². The average Bonchev–Trinajstić information content (AvgIpc) is 2.82. The standard InChI is InChI=1S/C29H33NO6/c1-17(2)24-13-21(7-10-27(24)31)14-25-18(3)11-23(12-19(25)4)35-16-28(32)36-22-8-5-20(6-9-22)15-26(30)29(33)34/h5-13,17,26,31H,14-16,30H2,1-4H3,(H,33,34)/t26-/m0/s1. The Labute approximate surface area is 211 Å². The summed E-state index contributed by atoms with van der Waals surface area (Å²) in [5.41, 5.74) is 11.6. The molecule has 0 saturated heterocycles. The van der Waals surface area contributed by atoms with Gasteiger partial charge >= 0.3 is 11.9 Å². The highest BCUT2D eigenvalue weighted by atomic mass is 16.6. The number of phenolic OH excluding ortho intramolecular Hbond substituents is 1. The van der Waals surface area contributed by atoms with Crippen molar-refractivity contribution in [3.8, 4) is 17.2 Å². The van der Waals surface area contributed by atoms with Crippen molar-refractivity contribution in [2.75, 3.05) is 6.61 Å². The summed E-state index contributed by atoms with van der Waals surface area (Å²) < 4.78 is 11.0. The lowest BCUT2D eigenvalue weighted by atomic mass is 9.93. The molecule has 0 unspecified atom stereocenters. The van der Waals surface area contributed by atoms with Crippen LogP contribution in [0.25, 0.3) is 0 Å². The van der Waals surface area contributed by atoms with Crippen LogP contribution >= 0.6 is 0 Å². The van der Waals surface area contributed by atoms with Crippen molar-refractivity contribution in [3.05, 3.63) is 88.0 Å². The van der Waals surface area contributed by atoms with Crippen LogP contribution in [0.5, 0.6) is 17.2 Å². The molecule has 0 heterocycles. The molecule has 190 valence electrons. The summed E-state index contributed by atoms with van der Waals surface area (Å²) >= 11 is 0. The average molecular weight is 492 g/mol. The minimum atomic E-state index is -1.07. The molecule has 0 aromatic heterocycles. The first-order valence-corrected chi connectivity index (χ1v) is 11.9.